The van der Waals surface area contributed by atoms with Crippen LogP contribution in [0.4, 0.5) is 0 Å². The first-order valence-electron chi connectivity index (χ1n) is 8.76. The fourth-order valence-corrected chi connectivity index (χ4v) is 3.40. The highest BCUT2D eigenvalue weighted by Gasteiger charge is 2.30. The summed E-state index contributed by atoms with van der Waals surface area (Å²) >= 11 is 0. The minimum atomic E-state index is -0.254. The first kappa shape index (κ1) is 16.7. The van der Waals surface area contributed by atoms with Crippen molar-refractivity contribution in [3.8, 4) is 0 Å². The summed E-state index contributed by atoms with van der Waals surface area (Å²) in [6.45, 7) is 6.07. The monoisotopic (exact) mass is 325 g/mol. The molecule has 3 heterocycles. The molecule has 2 atom stereocenters. The molecule has 0 aliphatic carbocycles. The number of carbonyl (C=O) groups is 2. The van der Waals surface area contributed by atoms with Crippen molar-refractivity contribution in [2.45, 2.75) is 37.9 Å². The van der Waals surface area contributed by atoms with E-state index in [2.05, 4.69) is 10.2 Å². The molecular weight excluding hydrogens is 298 g/mol. The topological polar surface area (TPSA) is 71.1 Å². The standard InChI is InChI=1S/C16H27N3O4/c20-15(13-3-1-11-22-13)17-5-6-18-7-9-19(10-8-18)16(21)14-4-2-12-23-14/h13-14H,1-12H2,(H,17,20). The Morgan fingerprint density at radius 2 is 1.61 bits per heavy atom. The predicted octanol–water partition coefficient (Wildman–Crippen LogP) is -0.395. The van der Waals surface area contributed by atoms with Crippen LogP contribution in [0.15, 0.2) is 0 Å². The summed E-state index contributed by atoms with van der Waals surface area (Å²) < 4.78 is 10.8. The normalized spacial score (nSPS) is 29.0. The van der Waals surface area contributed by atoms with Gasteiger partial charge in [-0.05, 0) is 25.7 Å². The Bertz CT molecular complexity index is 409. The Labute approximate surface area is 137 Å². The lowest BCUT2D eigenvalue weighted by Crippen LogP contribution is -2.52. The van der Waals surface area contributed by atoms with Crippen LogP contribution >= 0.6 is 0 Å². The van der Waals surface area contributed by atoms with Crippen molar-refractivity contribution >= 4 is 11.8 Å². The number of nitrogens with one attached hydrogen (secondary N) is 1. The van der Waals surface area contributed by atoms with Crippen LogP contribution in [0.5, 0.6) is 0 Å². The van der Waals surface area contributed by atoms with E-state index in [1.807, 2.05) is 4.90 Å². The first-order chi connectivity index (χ1) is 11.2. The number of rotatable bonds is 5. The molecule has 3 rings (SSSR count). The van der Waals surface area contributed by atoms with Crippen LogP contribution in [0.1, 0.15) is 25.7 Å². The van der Waals surface area contributed by atoms with Crippen molar-refractivity contribution in [1.29, 1.82) is 0 Å². The molecular formula is C16H27N3O4. The molecule has 130 valence electrons. The molecule has 7 heteroatoms. The van der Waals surface area contributed by atoms with Crippen LogP contribution in [0.2, 0.25) is 0 Å². The SMILES string of the molecule is O=C(NCCN1CCN(C(=O)C2CCCO2)CC1)C1CCCO1. The molecule has 0 spiro atoms. The number of hydrogen-bond donors (Lipinski definition) is 1. The molecule has 0 radical (unpaired) electrons. The van der Waals surface area contributed by atoms with E-state index in [4.69, 9.17) is 9.47 Å². The molecule has 23 heavy (non-hydrogen) atoms. The number of carbonyl (C=O) groups excluding carboxylic acids is 2. The highest BCUT2D eigenvalue weighted by Crippen LogP contribution is 2.16. The summed E-state index contributed by atoms with van der Waals surface area (Å²) in [6, 6.07) is 0. The zero-order valence-electron chi connectivity index (χ0n) is 13.7. The van der Waals surface area contributed by atoms with Gasteiger partial charge >= 0.3 is 0 Å². The third kappa shape index (κ3) is 4.43. The van der Waals surface area contributed by atoms with Crippen LogP contribution in [0.25, 0.3) is 0 Å². The molecule has 0 bridgehead atoms. The first-order valence-corrected chi connectivity index (χ1v) is 8.76. The van der Waals surface area contributed by atoms with E-state index < -0.39 is 0 Å². The number of hydrogen-bond acceptors (Lipinski definition) is 5. The lowest BCUT2D eigenvalue weighted by molar-refractivity contribution is -0.142. The van der Waals surface area contributed by atoms with Gasteiger partial charge < -0.3 is 19.7 Å². The Morgan fingerprint density at radius 1 is 0.957 bits per heavy atom. The van der Waals surface area contributed by atoms with Gasteiger partial charge in [-0.1, -0.05) is 0 Å². The minimum Gasteiger partial charge on any atom is -0.368 e. The molecule has 3 aliphatic rings. The van der Waals surface area contributed by atoms with E-state index in [1.54, 1.807) is 0 Å². The number of piperazine rings is 1. The van der Waals surface area contributed by atoms with Crippen molar-refractivity contribution in [2.75, 3.05) is 52.5 Å². The Morgan fingerprint density at radius 3 is 2.22 bits per heavy atom. The van der Waals surface area contributed by atoms with Gasteiger partial charge in [0.15, 0.2) is 0 Å². The molecule has 1 N–H and O–H groups in total. The van der Waals surface area contributed by atoms with E-state index in [0.717, 1.165) is 58.4 Å². The van der Waals surface area contributed by atoms with Gasteiger partial charge in [-0.15, -0.1) is 0 Å². The molecule has 3 saturated heterocycles. The molecule has 0 aromatic rings. The minimum absolute atomic E-state index is 0.00898. The lowest BCUT2D eigenvalue weighted by Gasteiger charge is -2.35. The Balaban J connectivity index is 1.31. The molecule has 3 fully saturated rings. The lowest BCUT2D eigenvalue weighted by atomic mass is 10.2. The zero-order chi connectivity index (χ0) is 16.1. The second kappa shape index (κ2) is 8.08. The van der Waals surface area contributed by atoms with Crippen molar-refractivity contribution in [3.05, 3.63) is 0 Å². The maximum Gasteiger partial charge on any atom is 0.251 e. The predicted molar refractivity (Wildman–Crippen MR) is 84.0 cm³/mol. The number of amides is 2. The van der Waals surface area contributed by atoms with Crippen LogP contribution in [0.3, 0.4) is 0 Å². The summed E-state index contributed by atoms with van der Waals surface area (Å²) in [7, 11) is 0. The highest BCUT2D eigenvalue weighted by molar-refractivity contribution is 5.81. The van der Waals surface area contributed by atoms with Crippen LogP contribution in [-0.2, 0) is 19.1 Å². The van der Waals surface area contributed by atoms with Gasteiger partial charge in [-0.2, -0.15) is 0 Å². The fourth-order valence-electron chi connectivity index (χ4n) is 3.40. The van der Waals surface area contributed by atoms with Gasteiger partial charge in [0.1, 0.15) is 12.2 Å². The van der Waals surface area contributed by atoms with E-state index in [1.165, 1.54) is 0 Å². The summed E-state index contributed by atoms with van der Waals surface area (Å²) in [5.74, 6) is 0.156. The van der Waals surface area contributed by atoms with Gasteiger partial charge in [0.05, 0.1) is 0 Å². The molecule has 2 amide bonds. The third-order valence-electron chi connectivity index (χ3n) is 4.84. The highest BCUT2D eigenvalue weighted by atomic mass is 16.5. The van der Waals surface area contributed by atoms with Crippen molar-refractivity contribution in [1.82, 2.24) is 15.1 Å². The molecule has 0 saturated carbocycles. The average Bonchev–Trinajstić information content (AvgIpc) is 3.28. The Kier molecular flexibility index (Phi) is 5.85. The molecule has 0 aromatic heterocycles. The van der Waals surface area contributed by atoms with Crippen molar-refractivity contribution < 1.29 is 19.1 Å². The smallest absolute Gasteiger partial charge is 0.251 e. The van der Waals surface area contributed by atoms with Gasteiger partial charge in [0.2, 0.25) is 5.91 Å². The van der Waals surface area contributed by atoms with Gasteiger partial charge in [-0.3, -0.25) is 14.5 Å². The summed E-state index contributed by atoms with van der Waals surface area (Å²) in [5, 5.41) is 2.94. The van der Waals surface area contributed by atoms with E-state index >= 15 is 0 Å². The maximum atomic E-state index is 12.3. The van der Waals surface area contributed by atoms with Crippen LogP contribution in [0, 0.1) is 0 Å². The van der Waals surface area contributed by atoms with E-state index in [9.17, 15) is 9.59 Å². The van der Waals surface area contributed by atoms with Crippen molar-refractivity contribution in [2.24, 2.45) is 0 Å². The fraction of sp³-hybridized carbons (Fsp3) is 0.875. The second-order valence-corrected chi connectivity index (χ2v) is 6.46. The zero-order valence-corrected chi connectivity index (χ0v) is 13.7. The third-order valence-corrected chi connectivity index (χ3v) is 4.84. The summed E-state index contributed by atoms with van der Waals surface area (Å²) in [5.41, 5.74) is 0. The van der Waals surface area contributed by atoms with E-state index in [0.29, 0.717) is 19.8 Å². The van der Waals surface area contributed by atoms with Crippen LogP contribution < -0.4 is 5.32 Å². The van der Waals surface area contributed by atoms with Gasteiger partial charge in [0, 0.05) is 52.5 Å². The van der Waals surface area contributed by atoms with Gasteiger partial charge in [0.25, 0.3) is 5.91 Å². The largest absolute Gasteiger partial charge is 0.368 e. The van der Waals surface area contributed by atoms with Crippen molar-refractivity contribution in [3.63, 3.8) is 0 Å². The summed E-state index contributed by atoms with van der Waals surface area (Å²) in [4.78, 5) is 28.3. The van der Waals surface area contributed by atoms with E-state index in [-0.39, 0.29) is 24.0 Å². The Hall–Kier alpha value is -1.18. The second-order valence-electron chi connectivity index (χ2n) is 6.46. The molecule has 3 aliphatic heterocycles. The quantitative estimate of drug-likeness (QED) is 0.745. The molecule has 2 unspecified atom stereocenters. The number of nitrogens with zero attached hydrogens (tertiary/aromatic N) is 2. The number of ether oxygens (including phenoxy) is 2. The summed E-state index contributed by atoms with van der Waals surface area (Å²) in [6.07, 6.45) is 3.17. The van der Waals surface area contributed by atoms with Crippen LogP contribution in [-0.4, -0.2) is 86.3 Å². The van der Waals surface area contributed by atoms with Gasteiger partial charge in [-0.25, -0.2) is 0 Å². The molecule has 7 nitrogen and oxygen atoms in total. The average molecular weight is 325 g/mol. The molecule has 0 aromatic carbocycles. The maximum absolute atomic E-state index is 12.3.